The van der Waals surface area contributed by atoms with Crippen molar-refractivity contribution < 1.29 is 19.1 Å². The second kappa shape index (κ2) is 5.97. The highest BCUT2D eigenvalue weighted by molar-refractivity contribution is 6.17. The highest BCUT2D eigenvalue weighted by atomic mass is 16.5. The minimum Gasteiger partial charge on any atom is -0.460 e. The van der Waals surface area contributed by atoms with E-state index in [0.717, 1.165) is 4.90 Å². The minimum absolute atomic E-state index is 0.0902. The van der Waals surface area contributed by atoms with E-state index in [-0.39, 0.29) is 35.4 Å². The highest BCUT2D eigenvalue weighted by Crippen LogP contribution is 2.23. The minimum atomic E-state index is -0.700. The first-order valence-electron chi connectivity index (χ1n) is 5.80. The number of ether oxygens (including phenoxy) is 1. The number of hydrogen-bond donors (Lipinski definition) is 0. The van der Waals surface area contributed by atoms with Crippen LogP contribution in [0.5, 0.6) is 0 Å². The molecule has 0 aromatic carbocycles. The van der Waals surface area contributed by atoms with Crippen molar-refractivity contribution in [3.63, 3.8) is 0 Å². The molecule has 0 saturated heterocycles. The van der Waals surface area contributed by atoms with Crippen LogP contribution in [0.3, 0.4) is 0 Å². The number of nitrogens with zero attached hydrogens (tertiary/aromatic N) is 2. The van der Waals surface area contributed by atoms with Gasteiger partial charge < -0.3 is 4.74 Å². The average Bonchev–Trinajstić information content (AvgIpc) is 2.40. The third-order valence-electron chi connectivity index (χ3n) is 2.80. The van der Waals surface area contributed by atoms with Crippen LogP contribution in [-0.2, 0) is 19.1 Å². The molecule has 0 fully saturated rings. The zero-order valence-electron chi connectivity index (χ0n) is 11.4. The van der Waals surface area contributed by atoms with Gasteiger partial charge in [0.2, 0.25) is 0 Å². The molecule has 0 bridgehead atoms. The predicted octanol–water partition coefficient (Wildman–Crippen LogP) is 0.871. The van der Waals surface area contributed by atoms with Crippen molar-refractivity contribution in [3.8, 4) is 6.07 Å². The topological polar surface area (TPSA) is 87.5 Å². The first-order valence-corrected chi connectivity index (χ1v) is 5.80. The van der Waals surface area contributed by atoms with Crippen LogP contribution in [0.4, 0.5) is 0 Å². The van der Waals surface area contributed by atoms with Gasteiger partial charge in [-0.2, -0.15) is 5.26 Å². The number of amides is 2. The van der Waals surface area contributed by atoms with E-state index in [2.05, 4.69) is 13.2 Å². The van der Waals surface area contributed by atoms with Gasteiger partial charge in [-0.25, -0.2) is 4.79 Å². The Morgan fingerprint density at radius 2 is 2.00 bits per heavy atom. The maximum atomic E-state index is 12.0. The summed E-state index contributed by atoms with van der Waals surface area (Å²) in [5.41, 5.74) is 0.463. The molecule has 1 aliphatic rings. The van der Waals surface area contributed by atoms with Crippen LogP contribution >= 0.6 is 0 Å². The van der Waals surface area contributed by atoms with Crippen molar-refractivity contribution in [2.24, 2.45) is 0 Å². The Morgan fingerprint density at radius 3 is 2.50 bits per heavy atom. The van der Waals surface area contributed by atoms with Gasteiger partial charge in [0.1, 0.15) is 18.2 Å². The molecule has 0 N–H and O–H groups in total. The molecule has 0 aromatic heterocycles. The third-order valence-corrected chi connectivity index (χ3v) is 2.80. The Kier molecular flexibility index (Phi) is 4.59. The Hall–Kier alpha value is -2.68. The molecular formula is C14H14N2O4. The molecule has 6 heteroatoms. The molecule has 0 saturated carbocycles. The molecular weight excluding hydrogens is 260 g/mol. The van der Waals surface area contributed by atoms with Crippen LogP contribution < -0.4 is 0 Å². The van der Waals surface area contributed by atoms with Crippen molar-refractivity contribution in [2.45, 2.75) is 13.8 Å². The molecule has 0 aliphatic carbocycles. The molecule has 1 aliphatic heterocycles. The second-order valence-electron chi connectivity index (χ2n) is 4.27. The number of rotatable bonds is 4. The van der Waals surface area contributed by atoms with Gasteiger partial charge in [-0.3, -0.25) is 14.5 Å². The fraction of sp³-hybridized carbons (Fsp3) is 0.286. The maximum absolute atomic E-state index is 12.0. The number of hydrogen-bond acceptors (Lipinski definition) is 5. The first kappa shape index (κ1) is 15.4. The van der Waals surface area contributed by atoms with E-state index in [1.165, 1.54) is 13.8 Å². The fourth-order valence-corrected chi connectivity index (χ4v) is 1.55. The van der Waals surface area contributed by atoms with Gasteiger partial charge in [-0.15, -0.1) is 0 Å². The predicted molar refractivity (Wildman–Crippen MR) is 69.9 cm³/mol. The maximum Gasteiger partial charge on any atom is 0.333 e. The zero-order chi connectivity index (χ0) is 15.4. The zero-order valence-corrected chi connectivity index (χ0v) is 11.4. The van der Waals surface area contributed by atoms with E-state index < -0.39 is 17.8 Å². The van der Waals surface area contributed by atoms with Crippen LogP contribution in [0.25, 0.3) is 0 Å². The summed E-state index contributed by atoms with van der Waals surface area (Å²) >= 11 is 0. The molecule has 104 valence electrons. The lowest BCUT2D eigenvalue weighted by molar-refractivity contribution is -0.146. The third kappa shape index (κ3) is 2.83. The van der Waals surface area contributed by atoms with Gasteiger partial charge in [0.25, 0.3) is 11.8 Å². The van der Waals surface area contributed by atoms with Gasteiger partial charge in [0, 0.05) is 11.1 Å². The summed E-state index contributed by atoms with van der Waals surface area (Å²) in [7, 11) is 0. The van der Waals surface area contributed by atoms with E-state index in [0.29, 0.717) is 0 Å². The molecule has 20 heavy (non-hydrogen) atoms. The van der Waals surface area contributed by atoms with Gasteiger partial charge in [0.15, 0.2) is 0 Å². The van der Waals surface area contributed by atoms with Crippen molar-refractivity contribution in [2.75, 3.05) is 13.2 Å². The summed E-state index contributed by atoms with van der Waals surface area (Å²) in [5.74, 6) is -1.89. The standard InChI is InChI=1S/C14H14N2O4/c1-8(2)14(19)20-6-5-16-12(17)10(4)9(3)11(7-15)13(16)18/h1,4-6H2,2-3H3. The lowest BCUT2D eigenvalue weighted by Gasteiger charge is -2.26. The van der Waals surface area contributed by atoms with Gasteiger partial charge in [-0.05, 0) is 19.4 Å². The second-order valence-corrected chi connectivity index (χ2v) is 4.27. The van der Waals surface area contributed by atoms with E-state index >= 15 is 0 Å². The van der Waals surface area contributed by atoms with Crippen LogP contribution in [-0.4, -0.2) is 35.8 Å². The van der Waals surface area contributed by atoms with Crippen molar-refractivity contribution in [1.82, 2.24) is 4.90 Å². The lowest BCUT2D eigenvalue weighted by Crippen LogP contribution is -2.44. The summed E-state index contributed by atoms with van der Waals surface area (Å²) in [5, 5.41) is 8.94. The molecule has 0 atom stereocenters. The Balaban J connectivity index is 2.82. The van der Waals surface area contributed by atoms with E-state index in [9.17, 15) is 14.4 Å². The van der Waals surface area contributed by atoms with E-state index in [1.54, 1.807) is 6.07 Å². The molecule has 0 radical (unpaired) electrons. The molecule has 0 unspecified atom stereocenters. The van der Waals surface area contributed by atoms with Crippen molar-refractivity contribution >= 4 is 17.8 Å². The summed E-state index contributed by atoms with van der Waals surface area (Å²) in [6.45, 7) is 9.66. The van der Waals surface area contributed by atoms with Crippen LogP contribution in [0.2, 0.25) is 0 Å². The van der Waals surface area contributed by atoms with Gasteiger partial charge >= 0.3 is 5.97 Å². The van der Waals surface area contributed by atoms with Gasteiger partial charge in [0.05, 0.1) is 6.54 Å². The molecule has 1 heterocycles. The molecule has 0 aromatic rings. The summed E-state index contributed by atoms with van der Waals surface area (Å²) < 4.78 is 4.82. The molecule has 0 spiro atoms. The largest absolute Gasteiger partial charge is 0.460 e. The summed E-state index contributed by atoms with van der Waals surface area (Å²) in [6.07, 6.45) is 0. The average molecular weight is 274 g/mol. The fourth-order valence-electron chi connectivity index (χ4n) is 1.55. The van der Waals surface area contributed by atoms with Crippen LogP contribution in [0.15, 0.2) is 35.5 Å². The van der Waals surface area contributed by atoms with E-state index in [4.69, 9.17) is 10.00 Å². The first-order chi connectivity index (χ1) is 9.31. The monoisotopic (exact) mass is 274 g/mol. The van der Waals surface area contributed by atoms with Crippen molar-refractivity contribution in [3.05, 3.63) is 35.5 Å². The molecule has 2 amide bonds. The van der Waals surface area contributed by atoms with Crippen LogP contribution in [0.1, 0.15) is 13.8 Å². The number of esters is 1. The van der Waals surface area contributed by atoms with Crippen LogP contribution in [0, 0.1) is 11.3 Å². The van der Waals surface area contributed by atoms with E-state index in [1.807, 2.05) is 0 Å². The SMILES string of the molecule is C=C(C)C(=O)OCCN1C(=O)C(=C)C(C)=C(C#N)C1=O. The Morgan fingerprint density at radius 1 is 1.40 bits per heavy atom. The van der Waals surface area contributed by atoms with Crippen molar-refractivity contribution in [1.29, 1.82) is 5.26 Å². The number of nitriles is 1. The number of carbonyl (C=O) groups excluding carboxylic acids is 3. The summed E-state index contributed by atoms with van der Waals surface area (Å²) in [6, 6.07) is 1.76. The molecule has 6 nitrogen and oxygen atoms in total. The quantitative estimate of drug-likeness (QED) is 0.431. The Labute approximate surface area is 116 Å². The smallest absolute Gasteiger partial charge is 0.333 e. The molecule has 1 rings (SSSR count). The van der Waals surface area contributed by atoms with Gasteiger partial charge in [-0.1, -0.05) is 13.2 Å². The normalized spacial score (nSPS) is 15.2. The lowest BCUT2D eigenvalue weighted by atomic mass is 9.97. The Bertz CT molecular complexity index is 593. The highest BCUT2D eigenvalue weighted by Gasteiger charge is 2.34. The number of carbonyl (C=O) groups is 3. The number of imide groups is 1. The summed E-state index contributed by atoms with van der Waals surface area (Å²) in [4.78, 5) is 35.9.